The van der Waals surface area contributed by atoms with E-state index in [-0.39, 0.29) is 6.04 Å². The maximum absolute atomic E-state index is 5.85. The largest absolute Gasteiger partial charge is 0.493 e. The molecular formula is C15H25NO. The van der Waals surface area contributed by atoms with Crippen LogP contribution in [0, 0.1) is 6.92 Å². The molecule has 1 atom stereocenters. The van der Waals surface area contributed by atoms with E-state index in [4.69, 9.17) is 10.5 Å². The predicted molar refractivity (Wildman–Crippen MR) is 73.7 cm³/mol. The highest BCUT2D eigenvalue weighted by Crippen LogP contribution is 2.26. The molecule has 0 aliphatic carbocycles. The van der Waals surface area contributed by atoms with Gasteiger partial charge in [0, 0.05) is 6.04 Å². The fourth-order valence-corrected chi connectivity index (χ4v) is 2.09. The molecule has 2 nitrogen and oxygen atoms in total. The smallest absolute Gasteiger partial charge is 0.125 e. The van der Waals surface area contributed by atoms with Crippen molar-refractivity contribution in [3.8, 4) is 5.75 Å². The van der Waals surface area contributed by atoms with Crippen molar-refractivity contribution in [3.63, 3.8) is 0 Å². The Kier molecular flexibility index (Phi) is 5.49. The standard InChI is InChI=1S/C15H25NO/c1-5-7-17-15-11(3)8-13(9-12(4)16)10-14(15)6-2/h8,10,12H,5-7,9,16H2,1-4H3. The summed E-state index contributed by atoms with van der Waals surface area (Å²) in [5, 5.41) is 0. The third-order valence-corrected chi connectivity index (χ3v) is 2.80. The quantitative estimate of drug-likeness (QED) is 0.821. The first-order chi connectivity index (χ1) is 8.08. The van der Waals surface area contributed by atoms with Gasteiger partial charge in [-0.05, 0) is 49.8 Å². The maximum Gasteiger partial charge on any atom is 0.125 e. The van der Waals surface area contributed by atoms with Crippen molar-refractivity contribution < 1.29 is 4.74 Å². The van der Waals surface area contributed by atoms with Crippen LogP contribution in [0.1, 0.15) is 43.9 Å². The second kappa shape index (κ2) is 6.65. The van der Waals surface area contributed by atoms with Gasteiger partial charge in [0.2, 0.25) is 0 Å². The second-order valence-corrected chi connectivity index (χ2v) is 4.78. The Morgan fingerprint density at radius 1 is 1.29 bits per heavy atom. The highest BCUT2D eigenvalue weighted by Gasteiger charge is 2.09. The summed E-state index contributed by atoms with van der Waals surface area (Å²) in [4.78, 5) is 0. The van der Waals surface area contributed by atoms with Gasteiger partial charge in [-0.1, -0.05) is 26.0 Å². The van der Waals surface area contributed by atoms with Crippen LogP contribution in [-0.2, 0) is 12.8 Å². The lowest BCUT2D eigenvalue weighted by Gasteiger charge is -2.16. The van der Waals surface area contributed by atoms with Gasteiger partial charge in [0.1, 0.15) is 5.75 Å². The van der Waals surface area contributed by atoms with E-state index in [1.165, 1.54) is 16.7 Å². The number of nitrogens with two attached hydrogens (primary N) is 1. The van der Waals surface area contributed by atoms with Crippen LogP contribution in [0.25, 0.3) is 0 Å². The minimum atomic E-state index is 0.210. The molecule has 1 rings (SSSR count). The van der Waals surface area contributed by atoms with Crippen LogP contribution in [0.5, 0.6) is 5.75 Å². The van der Waals surface area contributed by atoms with Crippen molar-refractivity contribution in [2.45, 2.75) is 53.0 Å². The van der Waals surface area contributed by atoms with Crippen LogP contribution < -0.4 is 10.5 Å². The predicted octanol–water partition coefficient (Wildman–Crippen LogP) is 3.24. The van der Waals surface area contributed by atoms with Crippen LogP contribution in [0.4, 0.5) is 0 Å². The minimum absolute atomic E-state index is 0.210. The third kappa shape index (κ3) is 4.04. The van der Waals surface area contributed by atoms with Crippen molar-refractivity contribution in [1.29, 1.82) is 0 Å². The molecule has 0 saturated carbocycles. The first kappa shape index (κ1) is 14.0. The summed E-state index contributed by atoms with van der Waals surface area (Å²) in [6, 6.07) is 4.65. The van der Waals surface area contributed by atoms with Gasteiger partial charge >= 0.3 is 0 Å². The molecule has 0 amide bonds. The number of hydrogen-bond donors (Lipinski definition) is 1. The topological polar surface area (TPSA) is 35.2 Å². The molecule has 1 unspecified atom stereocenters. The highest BCUT2D eigenvalue weighted by atomic mass is 16.5. The highest BCUT2D eigenvalue weighted by molar-refractivity contribution is 5.44. The molecule has 0 heterocycles. The minimum Gasteiger partial charge on any atom is -0.493 e. The summed E-state index contributed by atoms with van der Waals surface area (Å²) in [6.45, 7) is 9.26. The fourth-order valence-electron chi connectivity index (χ4n) is 2.09. The van der Waals surface area contributed by atoms with Gasteiger partial charge < -0.3 is 10.5 Å². The lowest BCUT2D eigenvalue weighted by molar-refractivity contribution is 0.312. The van der Waals surface area contributed by atoms with Gasteiger partial charge in [0.05, 0.1) is 6.61 Å². The van der Waals surface area contributed by atoms with Crippen molar-refractivity contribution in [2.24, 2.45) is 5.73 Å². The van der Waals surface area contributed by atoms with Gasteiger partial charge in [-0.3, -0.25) is 0 Å². The van der Waals surface area contributed by atoms with Crippen LogP contribution in [0.15, 0.2) is 12.1 Å². The van der Waals surface area contributed by atoms with Crippen LogP contribution in [0.3, 0.4) is 0 Å². The summed E-state index contributed by atoms with van der Waals surface area (Å²) >= 11 is 0. The Morgan fingerprint density at radius 2 is 2.00 bits per heavy atom. The Bertz CT molecular complexity index is 358. The molecule has 2 heteroatoms. The second-order valence-electron chi connectivity index (χ2n) is 4.78. The van der Waals surface area contributed by atoms with Gasteiger partial charge in [0.15, 0.2) is 0 Å². The molecule has 17 heavy (non-hydrogen) atoms. The molecule has 0 fully saturated rings. The lowest BCUT2D eigenvalue weighted by atomic mass is 9.99. The molecule has 0 aromatic heterocycles. The molecule has 0 aliphatic rings. The maximum atomic E-state index is 5.85. The molecule has 0 saturated heterocycles. The number of benzene rings is 1. The molecule has 0 radical (unpaired) electrons. The average Bonchev–Trinajstić information content (AvgIpc) is 2.26. The fraction of sp³-hybridized carbons (Fsp3) is 0.600. The molecular weight excluding hydrogens is 210 g/mol. The van der Waals surface area contributed by atoms with E-state index in [0.717, 1.165) is 31.6 Å². The Hall–Kier alpha value is -1.02. The number of hydrogen-bond acceptors (Lipinski definition) is 2. The van der Waals surface area contributed by atoms with E-state index in [0.29, 0.717) is 0 Å². The zero-order chi connectivity index (χ0) is 12.8. The zero-order valence-corrected chi connectivity index (χ0v) is 11.5. The van der Waals surface area contributed by atoms with Crippen molar-refractivity contribution in [2.75, 3.05) is 6.61 Å². The lowest BCUT2D eigenvalue weighted by Crippen LogP contribution is -2.18. The Balaban J connectivity index is 2.98. The van der Waals surface area contributed by atoms with E-state index in [1.54, 1.807) is 0 Å². The van der Waals surface area contributed by atoms with E-state index >= 15 is 0 Å². The summed E-state index contributed by atoms with van der Waals surface area (Å²) in [6.07, 6.45) is 2.98. The normalized spacial score (nSPS) is 12.5. The summed E-state index contributed by atoms with van der Waals surface area (Å²) in [7, 11) is 0. The number of ether oxygens (including phenoxy) is 1. The molecule has 1 aromatic rings. The summed E-state index contributed by atoms with van der Waals surface area (Å²) in [5.74, 6) is 1.07. The molecule has 0 aliphatic heterocycles. The summed E-state index contributed by atoms with van der Waals surface area (Å²) in [5.41, 5.74) is 9.70. The monoisotopic (exact) mass is 235 g/mol. The third-order valence-electron chi connectivity index (χ3n) is 2.80. The number of rotatable bonds is 6. The molecule has 0 spiro atoms. The van der Waals surface area contributed by atoms with Crippen molar-refractivity contribution in [1.82, 2.24) is 0 Å². The van der Waals surface area contributed by atoms with Crippen LogP contribution in [0.2, 0.25) is 0 Å². The first-order valence-corrected chi connectivity index (χ1v) is 6.59. The van der Waals surface area contributed by atoms with E-state index in [2.05, 4.69) is 32.9 Å². The van der Waals surface area contributed by atoms with Gasteiger partial charge in [0.25, 0.3) is 0 Å². The van der Waals surface area contributed by atoms with Crippen LogP contribution in [-0.4, -0.2) is 12.6 Å². The van der Waals surface area contributed by atoms with E-state index < -0.39 is 0 Å². The Labute approximate surface area is 105 Å². The molecule has 2 N–H and O–H groups in total. The SMILES string of the molecule is CCCOc1c(C)cc(CC(C)N)cc1CC. The Morgan fingerprint density at radius 3 is 2.53 bits per heavy atom. The molecule has 96 valence electrons. The van der Waals surface area contributed by atoms with Crippen molar-refractivity contribution >= 4 is 0 Å². The van der Waals surface area contributed by atoms with Crippen LogP contribution >= 0.6 is 0 Å². The van der Waals surface area contributed by atoms with E-state index in [9.17, 15) is 0 Å². The summed E-state index contributed by atoms with van der Waals surface area (Å²) < 4.78 is 5.84. The average molecular weight is 235 g/mol. The zero-order valence-electron chi connectivity index (χ0n) is 11.5. The van der Waals surface area contributed by atoms with E-state index in [1.807, 2.05) is 6.92 Å². The van der Waals surface area contributed by atoms with Gasteiger partial charge in [-0.25, -0.2) is 0 Å². The number of aryl methyl sites for hydroxylation is 2. The van der Waals surface area contributed by atoms with Gasteiger partial charge in [-0.15, -0.1) is 0 Å². The molecule has 1 aromatic carbocycles. The van der Waals surface area contributed by atoms with Gasteiger partial charge in [-0.2, -0.15) is 0 Å². The molecule has 0 bridgehead atoms. The van der Waals surface area contributed by atoms with Crippen molar-refractivity contribution in [3.05, 3.63) is 28.8 Å². The first-order valence-electron chi connectivity index (χ1n) is 6.59.